The van der Waals surface area contributed by atoms with E-state index in [2.05, 4.69) is 9.74 Å². The average Bonchev–Trinajstić information content (AvgIpc) is 2.74. The predicted molar refractivity (Wildman–Crippen MR) is 108 cm³/mol. The fraction of sp³-hybridized carbons (Fsp3) is 0.700. The Morgan fingerprint density at radius 1 is 0.690 bits per heavy atom. The minimum atomic E-state index is 0.325. The van der Waals surface area contributed by atoms with Crippen molar-refractivity contribution in [2.45, 2.75) is 0 Å². The van der Waals surface area contributed by atoms with E-state index in [9.17, 15) is 0 Å². The fourth-order valence-electron chi connectivity index (χ4n) is 2.72. The summed E-state index contributed by atoms with van der Waals surface area (Å²) >= 11 is 0. The van der Waals surface area contributed by atoms with Crippen molar-refractivity contribution in [2.24, 2.45) is 5.90 Å². The molecule has 1 saturated heterocycles. The third kappa shape index (κ3) is 10.8. The lowest BCUT2D eigenvalue weighted by molar-refractivity contribution is -0.0116. The molecule has 166 valence electrons. The highest BCUT2D eigenvalue weighted by Gasteiger charge is 2.12. The van der Waals surface area contributed by atoms with E-state index in [4.69, 9.17) is 34.3 Å². The average molecular weight is 414 g/mol. The van der Waals surface area contributed by atoms with Crippen LogP contribution in [0.2, 0.25) is 0 Å². The van der Waals surface area contributed by atoms with Gasteiger partial charge in [0.1, 0.15) is 19.0 Å². The van der Waals surface area contributed by atoms with Crippen molar-refractivity contribution >= 4 is 5.69 Å². The van der Waals surface area contributed by atoms with Crippen LogP contribution in [0.15, 0.2) is 24.3 Å². The molecule has 1 aromatic carbocycles. The first-order chi connectivity index (χ1) is 14.4. The van der Waals surface area contributed by atoms with Crippen LogP contribution < -0.4 is 15.5 Å². The van der Waals surface area contributed by atoms with E-state index in [-0.39, 0.29) is 0 Å². The Hall–Kier alpha value is -1.46. The van der Waals surface area contributed by atoms with Gasteiger partial charge in [-0.2, -0.15) is 0 Å². The number of nitrogens with two attached hydrogens (primary N) is 1. The monoisotopic (exact) mass is 414 g/mol. The fourth-order valence-corrected chi connectivity index (χ4v) is 2.72. The van der Waals surface area contributed by atoms with Crippen LogP contribution in [-0.2, 0) is 28.5 Å². The van der Waals surface area contributed by atoms with Gasteiger partial charge in [-0.15, -0.1) is 0 Å². The Morgan fingerprint density at radius 3 is 1.69 bits per heavy atom. The molecule has 1 aromatic rings. The highest BCUT2D eigenvalue weighted by molar-refractivity contribution is 5.58. The maximum atomic E-state index is 5.82. The largest absolute Gasteiger partial charge is 0.489 e. The Kier molecular flexibility index (Phi) is 13.4. The zero-order valence-corrected chi connectivity index (χ0v) is 17.1. The Morgan fingerprint density at radius 2 is 1.17 bits per heavy atom. The summed E-state index contributed by atoms with van der Waals surface area (Å²) in [4.78, 5) is 6.78. The molecule has 9 nitrogen and oxygen atoms in total. The molecule has 0 amide bonds. The van der Waals surface area contributed by atoms with Crippen molar-refractivity contribution in [1.82, 2.24) is 0 Å². The quantitative estimate of drug-likeness (QED) is 0.556. The van der Waals surface area contributed by atoms with Crippen LogP contribution in [-0.4, -0.2) is 92.4 Å². The lowest BCUT2D eigenvalue weighted by Crippen LogP contribution is -2.32. The first-order valence-corrected chi connectivity index (χ1v) is 10.1. The summed E-state index contributed by atoms with van der Waals surface area (Å²) in [6.07, 6.45) is 0. The van der Waals surface area contributed by atoms with Gasteiger partial charge in [-0.05, 0) is 12.1 Å². The third-order valence-electron chi connectivity index (χ3n) is 4.16. The van der Waals surface area contributed by atoms with Crippen molar-refractivity contribution < 1.29 is 33.3 Å². The van der Waals surface area contributed by atoms with Gasteiger partial charge in [0.2, 0.25) is 0 Å². The van der Waals surface area contributed by atoms with E-state index in [1.807, 2.05) is 24.3 Å². The summed E-state index contributed by atoms with van der Waals surface area (Å²) < 4.78 is 33.7. The number of rotatable bonds is 5. The van der Waals surface area contributed by atoms with E-state index in [1.165, 1.54) is 0 Å². The number of nitrogens with zero attached hydrogens (tertiary/aromatic N) is 1. The summed E-state index contributed by atoms with van der Waals surface area (Å²) in [6, 6.07) is 7.88. The molecular weight excluding hydrogens is 380 g/mol. The van der Waals surface area contributed by atoms with E-state index in [0.29, 0.717) is 92.4 Å². The number of para-hydroxylation sites is 2. The molecule has 0 aromatic heterocycles. The minimum absolute atomic E-state index is 0.325. The molecular formula is C20H34N2O7. The molecule has 0 spiro atoms. The van der Waals surface area contributed by atoms with Crippen LogP contribution in [0.4, 0.5) is 5.69 Å². The summed E-state index contributed by atoms with van der Waals surface area (Å²) in [7, 11) is 0. The maximum absolute atomic E-state index is 5.82. The second-order valence-electron chi connectivity index (χ2n) is 6.24. The normalized spacial score (nSPS) is 19.3. The minimum Gasteiger partial charge on any atom is -0.489 e. The van der Waals surface area contributed by atoms with Crippen molar-refractivity contribution in [2.75, 3.05) is 97.3 Å². The van der Waals surface area contributed by atoms with E-state index in [0.717, 1.165) is 11.4 Å². The standard InChI is InChI=1S/C20H34N2O7/c21-29-18-17-28-20-4-2-1-3-19(20)22-5-7-23-9-11-25-13-15-27-16-14-26-12-10-24-8-6-22/h1-4H,5-18,21H2. The van der Waals surface area contributed by atoms with Crippen LogP contribution >= 0.6 is 0 Å². The second kappa shape index (κ2) is 16.3. The Labute approximate surface area is 172 Å². The molecule has 9 heteroatoms. The molecule has 1 fully saturated rings. The van der Waals surface area contributed by atoms with Gasteiger partial charge in [-0.1, -0.05) is 12.1 Å². The summed E-state index contributed by atoms with van der Waals surface area (Å²) in [6.45, 7) is 7.64. The van der Waals surface area contributed by atoms with Gasteiger partial charge in [0.25, 0.3) is 0 Å². The van der Waals surface area contributed by atoms with Crippen LogP contribution in [0.1, 0.15) is 0 Å². The van der Waals surface area contributed by atoms with Crippen LogP contribution in [0.25, 0.3) is 0 Å². The number of hydrogen-bond acceptors (Lipinski definition) is 9. The molecule has 29 heavy (non-hydrogen) atoms. The Bertz CT molecular complexity index is 503. The SMILES string of the molecule is NOCCOc1ccccc1N1CCOCCOCCOCCOCCOCC1. The number of hydrogen-bond donors (Lipinski definition) is 1. The first kappa shape index (κ1) is 23.8. The lowest BCUT2D eigenvalue weighted by Gasteiger charge is -2.27. The van der Waals surface area contributed by atoms with Gasteiger partial charge >= 0.3 is 0 Å². The van der Waals surface area contributed by atoms with Gasteiger partial charge in [-0.25, -0.2) is 5.90 Å². The van der Waals surface area contributed by atoms with Gasteiger partial charge in [0, 0.05) is 13.1 Å². The van der Waals surface area contributed by atoms with E-state index >= 15 is 0 Å². The molecule has 2 rings (SSSR count). The smallest absolute Gasteiger partial charge is 0.142 e. The molecule has 2 N–H and O–H groups in total. The lowest BCUT2D eigenvalue weighted by atomic mass is 10.2. The zero-order chi connectivity index (χ0) is 20.4. The van der Waals surface area contributed by atoms with Crippen LogP contribution in [0.5, 0.6) is 5.75 Å². The highest BCUT2D eigenvalue weighted by Crippen LogP contribution is 2.27. The molecule has 0 unspecified atom stereocenters. The van der Waals surface area contributed by atoms with Gasteiger partial charge in [-0.3, -0.25) is 0 Å². The Balaban J connectivity index is 1.90. The van der Waals surface area contributed by atoms with E-state index in [1.54, 1.807) is 0 Å². The number of ether oxygens (including phenoxy) is 6. The molecule has 1 heterocycles. The summed E-state index contributed by atoms with van der Waals surface area (Å²) in [5.41, 5.74) is 0.982. The summed E-state index contributed by atoms with van der Waals surface area (Å²) in [5, 5.41) is 0. The van der Waals surface area contributed by atoms with E-state index < -0.39 is 0 Å². The highest BCUT2D eigenvalue weighted by atomic mass is 16.6. The van der Waals surface area contributed by atoms with Gasteiger partial charge in [0.15, 0.2) is 0 Å². The second-order valence-corrected chi connectivity index (χ2v) is 6.24. The molecule has 0 radical (unpaired) electrons. The molecule has 0 atom stereocenters. The van der Waals surface area contributed by atoms with Crippen molar-refractivity contribution in [3.63, 3.8) is 0 Å². The molecule has 1 aliphatic heterocycles. The molecule has 1 aliphatic rings. The van der Waals surface area contributed by atoms with Crippen molar-refractivity contribution in [3.8, 4) is 5.75 Å². The van der Waals surface area contributed by atoms with Gasteiger partial charge in [0.05, 0.1) is 71.8 Å². The van der Waals surface area contributed by atoms with Crippen molar-refractivity contribution in [3.05, 3.63) is 24.3 Å². The maximum Gasteiger partial charge on any atom is 0.142 e. The zero-order valence-electron chi connectivity index (χ0n) is 17.1. The number of benzene rings is 1. The molecule has 0 aliphatic carbocycles. The number of anilines is 1. The topological polar surface area (TPSA) is 93.9 Å². The van der Waals surface area contributed by atoms with Crippen molar-refractivity contribution in [1.29, 1.82) is 0 Å². The molecule has 0 bridgehead atoms. The predicted octanol–water partition coefficient (Wildman–Crippen LogP) is 0.859. The van der Waals surface area contributed by atoms with Crippen LogP contribution in [0.3, 0.4) is 0 Å². The van der Waals surface area contributed by atoms with Gasteiger partial charge < -0.3 is 38.2 Å². The molecule has 0 saturated carbocycles. The summed E-state index contributed by atoms with van der Waals surface area (Å²) in [5.74, 6) is 5.86. The van der Waals surface area contributed by atoms with Crippen LogP contribution in [0, 0.1) is 0 Å². The third-order valence-corrected chi connectivity index (χ3v) is 4.16. The first-order valence-electron chi connectivity index (χ1n) is 10.1.